The van der Waals surface area contributed by atoms with Crippen molar-refractivity contribution in [3.05, 3.63) is 29.8 Å². The molecule has 16 heavy (non-hydrogen) atoms. The predicted octanol–water partition coefficient (Wildman–Crippen LogP) is 0.351. The van der Waals surface area contributed by atoms with Crippen LogP contribution < -0.4 is 5.46 Å². The van der Waals surface area contributed by atoms with Crippen LogP contribution >= 0.6 is 0 Å². The minimum absolute atomic E-state index is 0.554. The molecular weight excluding hydrogens is 201 g/mol. The fourth-order valence-electron chi connectivity index (χ4n) is 1.97. The van der Waals surface area contributed by atoms with E-state index in [1.165, 1.54) is 18.4 Å². The van der Waals surface area contributed by atoms with Crippen molar-refractivity contribution in [2.24, 2.45) is 0 Å². The number of rotatable bonds is 5. The topological polar surface area (TPSA) is 43.7 Å². The Bertz CT molecular complexity index is 335. The molecule has 4 heteroatoms. The number of nitrogens with zero attached hydrogens (tertiary/aromatic N) is 1. The Hall–Kier alpha value is -0.835. The van der Waals surface area contributed by atoms with Gasteiger partial charge in [-0.2, -0.15) is 0 Å². The highest BCUT2D eigenvalue weighted by Gasteiger charge is 2.27. The Morgan fingerprint density at radius 3 is 2.31 bits per heavy atom. The van der Waals surface area contributed by atoms with Gasteiger partial charge in [-0.1, -0.05) is 31.2 Å². The van der Waals surface area contributed by atoms with Crippen molar-refractivity contribution >= 4 is 12.6 Å². The van der Waals surface area contributed by atoms with Crippen molar-refractivity contribution < 1.29 is 10.0 Å². The average Bonchev–Trinajstić information content (AvgIpc) is 3.10. The molecule has 1 aromatic rings. The van der Waals surface area contributed by atoms with Crippen LogP contribution in [-0.2, 0) is 6.54 Å². The Kier molecular flexibility index (Phi) is 3.64. The van der Waals surface area contributed by atoms with Gasteiger partial charge in [0, 0.05) is 12.6 Å². The lowest BCUT2D eigenvalue weighted by molar-refractivity contribution is 0.269. The predicted molar refractivity (Wildman–Crippen MR) is 65.4 cm³/mol. The lowest BCUT2D eigenvalue weighted by Gasteiger charge is -2.19. The third-order valence-corrected chi connectivity index (χ3v) is 3.13. The van der Waals surface area contributed by atoms with Gasteiger partial charge in [-0.05, 0) is 30.4 Å². The van der Waals surface area contributed by atoms with Gasteiger partial charge >= 0.3 is 7.12 Å². The monoisotopic (exact) mass is 219 g/mol. The van der Waals surface area contributed by atoms with Gasteiger partial charge in [0.1, 0.15) is 0 Å². The summed E-state index contributed by atoms with van der Waals surface area (Å²) in [6, 6.07) is 8.27. The van der Waals surface area contributed by atoms with Crippen LogP contribution in [0.1, 0.15) is 25.3 Å². The fourth-order valence-corrected chi connectivity index (χ4v) is 1.97. The summed E-state index contributed by atoms with van der Waals surface area (Å²) in [5, 5.41) is 18.0. The molecule has 0 heterocycles. The molecule has 3 nitrogen and oxygen atoms in total. The van der Waals surface area contributed by atoms with Crippen molar-refractivity contribution in [1.29, 1.82) is 0 Å². The first-order chi connectivity index (χ1) is 7.70. The summed E-state index contributed by atoms with van der Waals surface area (Å²) < 4.78 is 0. The number of benzene rings is 1. The molecule has 1 saturated carbocycles. The van der Waals surface area contributed by atoms with Crippen LogP contribution in [0.15, 0.2) is 24.3 Å². The van der Waals surface area contributed by atoms with Crippen molar-refractivity contribution in [2.75, 3.05) is 6.54 Å². The van der Waals surface area contributed by atoms with Gasteiger partial charge in [0.2, 0.25) is 0 Å². The summed E-state index contributed by atoms with van der Waals surface area (Å²) in [5.41, 5.74) is 1.79. The zero-order chi connectivity index (χ0) is 11.5. The SMILES string of the molecule is CCN(Cc1ccc(B(O)O)cc1)C1CC1. The molecule has 2 rings (SSSR count). The zero-order valence-corrected chi connectivity index (χ0v) is 9.63. The van der Waals surface area contributed by atoms with Gasteiger partial charge in [0.25, 0.3) is 0 Å². The highest BCUT2D eigenvalue weighted by Crippen LogP contribution is 2.27. The third kappa shape index (κ3) is 2.85. The van der Waals surface area contributed by atoms with E-state index in [4.69, 9.17) is 10.0 Å². The molecule has 0 radical (unpaired) electrons. The smallest absolute Gasteiger partial charge is 0.423 e. The maximum atomic E-state index is 8.99. The van der Waals surface area contributed by atoms with Gasteiger partial charge in [0.05, 0.1) is 0 Å². The van der Waals surface area contributed by atoms with E-state index in [0.29, 0.717) is 5.46 Å². The molecule has 1 aromatic carbocycles. The van der Waals surface area contributed by atoms with Crippen molar-refractivity contribution in [3.63, 3.8) is 0 Å². The molecule has 1 aliphatic carbocycles. The molecule has 86 valence electrons. The van der Waals surface area contributed by atoms with Crippen molar-refractivity contribution in [1.82, 2.24) is 4.90 Å². The summed E-state index contributed by atoms with van der Waals surface area (Å²) in [7, 11) is -1.36. The first kappa shape index (κ1) is 11.6. The normalized spacial score (nSPS) is 15.5. The minimum Gasteiger partial charge on any atom is -0.423 e. The second kappa shape index (κ2) is 5.00. The second-order valence-electron chi connectivity index (χ2n) is 4.41. The lowest BCUT2D eigenvalue weighted by atomic mass is 9.80. The van der Waals surface area contributed by atoms with E-state index in [2.05, 4.69) is 11.8 Å². The molecule has 1 fully saturated rings. The number of hydrogen-bond acceptors (Lipinski definition) is 3. The Morgan fingerprint density at radius 1 is 1.25 bits per heavy atom. The molecule has 0 aliphatic heterocycles. The van der Waals surface area contributed by atoms with Crippen LogP contribution in [-0.4, -0.2) is 34.7 Å². The van der Waals surface area contributed by atoms with Gasteiger partial charge in [-0.15, -0.1) is 0 Å². The van der Waals surface area contributed by atoms with Crippen LogP contribution in [0.5, 0.6) is 0 Å². The van der Waals surface area contributed by atoms with E-state index in [1.807, 2.05) is 12.1 Å². The summed E-state index contributed by atoms with van der Waals surface area (Å²) in [4.78, 5) is 2.46. The van der Waals surface area contributed by atoms with Gasteiger partial charge in [-0.3, -0.25) is 4.90 Å². The van der Waals surface area contributed by atoms with E-state index < -0.39 is 7.12 Å². The Balaban J connectivity index is 1.98. The van der Waals surface area contributed by atoms with Crippen molar-refractivity contribution in [2.45, 2.75) is 32.4 Å². The third-order valence-electron chi connectivity index (χ3n) is 3.13. The molecular formula is C12H18BNO2. The Morgan fingerprint density at radius 2 is 1.88 bits per heavy atom. The summed E-state index contributed by atoms with van der Waals surface area (Å²) >= 11 is 0. The first-order valence-corrected chi connectivity index (χ1v) is 5.89. The van der Waals surface area contributed by atoms with Crippen LogP contribution in [0.3, 0.4) is 0 Å². The summed E-state index contributed by atoms with van der Waals surface area (Å²) in [6.45, 7) is 4.22. The van der Waals surface area contributed by atoms with E-state index in [1.54, 1.807) is 12.1 Å². The van der Waals surface area contributed by atoms with Gasteiger partial charge in [-0.25, -0.2) is 0 Å². The molecule has 2 N–H and O–H groups in total. The van der Waals surface area contributed by atoms with E-state index >= 15 is 0 Å². The van der Waals surface area contributed by atoms with Crippen LogP contribution in [0.25, 0.3) is 0 Å². The van der Waals surface area contributed by atoms with E-state index in [9.17, 15) is 0 Å². The molecule has 0 unspecified atom stereocenters. The standard InChI is InChI=1S/C12H18BNO2/c1-2-14(12-7-8-12)9-10-3-5-11(6-4-10)13(15)16/h3-6,12,15-16H,2,7-9H2,1H3. The van der Waals surface area contributed by atoms with Gasteiger partial charge in [0.15, 0.2) is 0 Å². The molecule has 0 spiro atoms. The molecule has 0 bridgehead atoms. The maximum absolute atomic E-state index is 8.99. The fraction of sp³-hybridized carbons (Fsp3) is 0.500. The van der Waals surface area contributed by atoms with Crippen LogP contribution in [0.2, 0.25) is 0 Å². The average molecular weight is 219 g/mol. The molecule has 1 aliphatic rings. The highest BCUT2D eigenvalue weighted by molar-refractivity contribution is 6.58. The highest BCUT2D eigenvalue weighted by atomic mass is 16.4. The minimum atomic E-state index is -1.36. The second-order valence-corrected chi connectivity index (χ2v) is 4.41. The first-order valence-electron chi connectivity index (χ1n) is 5.89. The van der Waals surface area contributed by atoms with Crippen LogP contribution in [0, 0.1) is 0 Å². The molecule has 0 atom stereocenters. The lowest BCUT2D eigenvalue weighted by Crippen LogP contribution is -2.30. The number of hydrogen-bond donors (Lipinski definition) is 2. The van der Waals surface area contributed by atoms with Gasteiger partial charge < -0.3 is 10.0 Å². The van der Waals surface area contributed by atoms with Crippen LogP contribution in [0.4, 0.5) is 0 Å². The van der Waals surface area contributed by atoms with E-state index in [0.717, 1.165) is 19.1 Å². The molecule has 0 aromatic heterocycles. The largest absolute Gasteiger partial charge is 0.488 e. The summed E-state index contributed by atoms with van der Waals surface area (Å²) in [6.07, 6.45) is 2.64. The molecule has 0 saturated heterocycles. The molecule has 0 amide bonds. The van der Waals surface area contributed by atoms with E-state index in [-0.39, 0.29) is 0 Å². The Labute approximate surface area is 96.9 Å². The maximum Gasteiger partial charge on any atom is 0.488 e. The quantitative estimate of drug-likeness (QED) is 0.702. The summed E-state index contributed by atoms with van der Waals surface area (Å²) in [5.74, 6) is 0. The van der Waals surface area contributed by atoms with Crippen molar-refractivity contribution in [3.8, 4) is 0 Å². The zero-order valence-electron chi connectivity index (χ0n) is 9.63.